The Morgan fingerprint density at radius 1 is 1.40 bits per heavy atom. The SMILES string of the molecule is Cc1ccc(CCC(C)[S+](N)[O-])cc1OCC(F)(F)F. The molecular weight excluding hydrogens is 291 g/mol. The van der Waals surface area contributed by atoms with Crippen LogP contribution < -0.4 is 9.88 Å². The summed E-state index contributed by atoms with van der Waals surface area (Å²) in [4.78, 5) is 0. The molecule has 0 spiro atoms. The fourth-order valence-corrected chi connectivity index (χ4v) is 1.95. The molecule has 1 aromatic rings. The largest absolute Gasteiger partial charge is 0.598 e. The van der Waals surface area contributed by atoms with E-state index in [0.717, 1.165) is 5.56 Å². The molecule has 114 valence electrons. The van der Waals surface area contributed by atoms with Gasteiger partial charge in [-0.2, -0.15) is 18.3 Å². The lowest BCUT2D eigenvalue weighted by molar-refractivity contribution is -0.153. The highest BCUT2D eigenvalue weighted by atomic mass is 32.2. The van der Waals surface area contributed by atoms with Crippen LogP contribution in [-0.2, 0) is 17.8 Å². The summed E-state index contributed by atoms with van der Waals surface area (Å²) in [6.45, 7) is 2.15. The molecule has 3 nitrogen and oxygen atoms in total. The van der Waals surface area contributed by atoms with Gasteiger partial charge in [0.2, 0.25) is 0 Å². The number of ether oxygens (including phenoxy) is 1. The van der Waals surface area contributed by atoms with Gasteiger partial charge in [-0.25, -0.2) is 0 Å². The molecule has 2 N–H and O–H groups in total. The highest BCUT2D eigenvalue weighted by molar-refractivity contribution is 7.89. The maximum absolute atomic E-state index is 12.1. The third-order valence-electron chi connectivity index (χ3n) is 2.88. The fraction of sp³-hybridized carbons (Fsp3) is 0.538. The van der Waals surface area contributed by atoms with Gasteiger partial charge < -0.3 is 9.29 Å². The summed E-state index contributed by atoms with van der Waals surface area (Å²) in [5.74, 6) is 0.223. The maximum Gasteiger partial charge on any atom is 0.422 e. The van der Waals surface area contributed by atoms with Gasteiger partial charge in [0.1, 0.15) is 11.0 Å². The molecule has 2 unspecified atom stereocenters. The quantitative estimate of drug-likeness (QED) is 0.822. The van der Waals surface area contributed by atoms with Crippen LogP contribution >= 0.6 is 0 Å². The van der Waals surface area contributed by atoms with Crippen LogP contribution in [0.1, 0.15) is 24.5 Å². The minimum absolute atomic E-state index is 0.157. The summed E-state index contributed by atoms with van der Waals surface area (Å²) in [5, 5.41) is 5.12. The Labute approximate surface area is 119 Å². The van der Waals surface area contributed by atoms with Gasteiger partial charge in [-0.1, -0.05) is 12.1 Å². The standard InChI is InChI=1S/C13H18F3NO2S/c1-9-3-5-11(6-4-10(2)20(17)18)7-12(9)19-8-13(14,15)16/h3,5,7,10H,4,6,8,17H2,1-2H3. The number of rotatable bonds is 6. The normalized spacial score (nSPS) is 14.9. The molecule has 0 aliphatic rings. The number of alkyl halides is 3. The van der Waals surface area contributed by atoms with E-state index in [-0.39, 0.29) is 11.0 Å². The van der Waals surface area contributed by atoms with Gasteiger partial charge in [-0.3, -0.25) is 0 Å². The van der Waals surface area contributed by atoms with Crippen LogP contribution in [0.5, 0.6) is 5.75 Å². The predicted octanol–water partition coefficient (Wildman–Crippen LogP) is 2.88. The molecule has 7 heteroatoms. The second-order valence-electron chi connectivity index (χ2n) is 4.68. The molecule has 0 saturated heterocycles. The molecule has 0 saturated carbocycles. The first kappa shape index (κ1) is 17.1. The van der Waals surface area contributed by atoms with Crippen molar-refractivity contribution in [2.24, 2.45) is 5.14 Å². The van der Waals surface area contributed by atoms with Crippen molar-refractivity contribution in [2.75, 3.05) is 6.61 Å². The van der Waals surface area contributed by atoms with Crippen LogP contribution in [0, 0.1) is 6.92 Å². The van der Waals surface area contributed by atoms with E-state index >= 15 is 0 Å². The molecule has 0 aliphatic carbocycles. The lowest BCUT2D eigenvalue weighted by Gasteiger charge is -2.14. The molecule has 1 aromatic carbocycles. The summed E-state index contributed by atoms with van der Waals surface area (Å²) < 4.78 is 52.3. The third kappa shape index (κ3) is 6.02. The van der Waals surface area contributed by atoms with Gasteiger partial charge in [0.05, 0.1) is 0 Å². The van der Waals surface area contributed by atoms with E-state index < -0.39 is 24.1 Å². The Hall–Kier alpha value is -0.920. The van der Waals surface area contributed by atoms with Crippen molar-refractivity contribution in [1.29, 1.82) is 0 Å². The van der Waals surface area contributed by atoms with Crippen molar-refractivity contribution < 1.29 is 22.5 Å². The van der Waals surface area contributed by atoms with Crippen molar-refractivity contribution in [3.63, 3.8) is 0 Å². The van der Waals surface area contributed by atoms with Gasteiger partial charge in [0, 0.05) is 17.8 Å². The van der Waals surface area contributed by atoms with E-state index in [2.05, 4.69) is 0 Å². The lowest BCUT2D eigenvalue weighted by Crippen LogP contribution is -2.26. The minimum Gasteiger partial charge on any atom is -0.598 e. The maximum atomic E-state index is 12.1. The molecule has 0 aromatic heterocycles. The zero-order valence-electron chi connectivity index (χ0n) is 11.4. The van der Waals surface area contributed by atoms with Crippen molar-refractivity contribution in [3.05, 3.63) is 29.3 Å². The third-order valence-corrected chi connectivity index (χ3v) is 3.91. The zero-order chi connectivity index (χ0) is 15.3. The van der Waals surface area contributed by atoms with Gasteiger partial charge in [-0.15, -0.1) is 0 Å². The van der Waals surface area contributed by atoms with Crippen LogP contribution in [0.25, 0.3) is 0 Å². The number of hydrogen-bond acceptors (Lipinski definition) is 3. The second kappa shape index (κ2) is 7.19. The second-order valence-corrected chi connectivity index (χ2v) is 6.14. The van der Waals surface area contributed by atoms with Crippen LogP contribution in [0.3, 0.4) is 0 Å². The summed E-state index contributed by atoms with van der Waals surface area (Å²) in [5.41, 5.74) is 1.48. The highest BCUT2D eigenvalue weighted by Gasteiger charge is 2.28. The van der Waals surface area contributed by atoms with Gasteiger partial charge >= 0.3 is 6.18 Å². The van der Waals surface area contributed by atoms with Crippen molar-refractivity contribution in [2.45, 2.75) is 38.1 Å². The molecular formula is C13H18F3NO2S. The lowest BCUT2D eigenvalue weighted by atomic mass is 10.1. The number of aryl methyl sites for hydroxylation is 2. The van der Waals surface area contributed by atoms with Crippen LogP contribution in [-0.4, -0.2) is 22.6 Å². The highest BCUT2D eigenvalue weighted by Crippen LogP contribution is 2.24. The molecule has 0 radical (unpaired) electrons. The Kier molecular flexibility index (Phi) is 6.16. The van der Waals surface area contributed by atoms with E-state index in [1.54, 1.807) is 26.0 Å². The Balaban J connectivity index is 2.66. The van der Waals surface area contributed by atoms with Gasteiger partial charge in [-0.05, 0) is 37.5 Å². The van der Waals surface area contributed by atoms with Crippen molar-refractivity contribution >= 4 is 11.4 Å². The van der Waals surface area contributed by atoms with E-state index in [1.807, 2.05) is 6.07 Å². The average Bonchev–Trinajstić information content (AvgIpc) is 2.34. The summed E-state index contributed by atoms with van der Waals surface area (Å²) in [7, 11) is 0. The molecule has 0 bridgehead atoms. The van der Waals surface area contributed by atoms with E-state index in [9.17, 15) is 17.7 Å². The molecule has 1 rings (SSSR count). The van der Waals surface area contributed by atoms with E-state index in [0.29, 0.717) is 18.4 Å². The first-order valence-corrected chi connectivity index (χ1v) is 7.40. The number of benzene rings is 1. The number of hydrogen-bond donors (Lipinski definition) is 1. The zero-order valence-corrected chi connectivity index (χ0v) is 12.2. The summed E-state index contributed by atoms with van der Waals surface area (Å²) >= 11 is -1.39. The van der Waals surface area contributed by atoms with Gasteiger partial charge in [0.15, 0.2) is 6.61 Å². The van der Waals surface area contributed by atoms with Crippen LogP contribution in [0.2, 0.25) is 0 Å². The van der Waals surface area contributed by atoms with E-state index in [4.69, 9.17) is 9.88 Å². The first-order chi connectivity index (χ1) is 9.19. The summed E-state index contributed by atoms with van der Waals surface area (Å²) in [6, 6.07) is 5.13. The first-order valence-electron chi connectivity index (χ1n) is 6.13. The molecule has 0 fully saturated rings. The number of halogens is 3. The molecule has 20 heavy (non-hydrogen) atoms. The molecule has 2 atom stereocenters. The van der Waals surface area contributed by atoms with Crippen molar-refractivity contribution in [3.8, 4) is 5.75 Å². The molecule has 0 amide bonds. The topological polar surface area (TPSA) is 58.3 Å². The van der Waals surface area contributed by atoms with Crippen LogP contribution in [0.15, 0.2) is 18.2 Å². The van der Waals surface area contributed by atoms with Crippen LogP contribution in [0.4, 0.5) is 13.2 Å². The smallest absolute Gasteiger partial charge is 0.422 e. The monoisotopic (exact) mass is 309 g/mol. The summed E-state index contributed by atoms with van der Waals surface area (Å²) in [6.07, 6.45) is -3.16. The minimum atomic E-state index is -4.35. The number of nitrogens with two attached hydrogens (primary N) is 1. The van der Waals surface area contributed by atoms with E-state index in [1.165, 1.54) is 0 Å². The molecule has 0 heterocycles. The fourth-order valence-electron chi connectivity index (χ4n) is 1.60. The average molecular weight is 309 g/mol. The Bertz CT molecular complexity index is 438. The van der Waals surface area contributed by atoms with Gasteiger partial charge in [0.25, 0.3) is 0 Å². The predicted molar refractivity (Wildman–Crippen MR) is 72.8 cm³/mol. The van der Waals surface area contributed by atoms with Crippen molar-refractivity contribution in [1.82, 2.24) is 0 Å². The Morgan fingerprint density at radius 2 is 2.05 bits per heavy atom. The molecule has 0 aliphatic heterocycles. The Morgan fingerprint density at radius 3 is 2.60 bits per heavy atom.